The summed E-state index contributed by atoms with van der Waals surface area (Å²) in [5, 5.41) is 11.6. The van der Waals surface area contributed by atoms with E-state index in [0.717, 1.165) is 25.0 Å². The molecule has 2 N–H and O–H groups in total. The van der Waals surface area contributed by atoms with Gasteiger partial charge >= 0.3 is 5.97 Å². The quantitative estimate of drug-likeness (QED) is 0.0883. The van der Waals surface area contributed by atoms with Gasteiger partial charge in [0.25, 0.3) is 0 Å². The van der Waals surface area contributed by atoms with Crippen molar-refractivity contribution in [1.29, 1.82) is 0 Å². The first kappa shape index (κ1) is 42.7. The fourth-order valence-corrected chi connectivity index (χ4v) is 4.79. The predicted molar refractivity (Wildman–Crippen MR) is 173 cm³/mol. The SMILES string of the molecule is CC(=O)SCCCCCCCCCCCCCCCC(=O)NCCOCCOCCOCCOCCOCCOCC(=O)O. The van der Waals surface area contributed by atoms with Gasteiger partial charge < -0.3 is 38.8 Å². The van der Waals surface area contributed by atoms with Crippen LogP contribution in [0.5, 0.6) is 0 Å². The molecule has 0 saturated carbocycles. The third-order valence-electron chi connectivity index (χ3n) is 6.51. The van der Waals surface area contributed by atoms with Crippen LogP contribution < -0.4 is 5.32 Å². The fraction of sp³-hybridized carbons (Fsp3) is 0.906. The van der Waals surface area contributed by atoms with E-state index < -0.39 is 5.97 Å². The molecule has 0 aromatic heterocycles. The summed E-state index contributed by atoms with van der Waals surface area (Å²) >= 11 is 1.45. The number of thioether (sulfide) groups is 1. The first-order valence-electron chi connectivity index (χ1n) is 16.6. The van der Waals surface area contributed by atoms with Crippen molar-refractivity contribution in [2.45, 2.75) is 96.8 Å². The first-order valence-corrected chi connectivity index (χ1v) is 17.6. The molecule has 0 aromatic rings. The molecule has 1 amide bonds. The molecule has 0 aliphatic heterocycles. The van der Waals surface area contributed by atoms with E-state index in [9.17, 15) is 14.4 Å². The maximum absolute atomic E-state index is 11.9. The summed E-state index contributed by atoms with van der Waals surface area (Å²) in [6.07, 6.45) is 16.8. The average molecular weight is 652 g/mol. The lowest BCUT2D eigenvalue weighted by molar-refractivity contribution is -0.142. The van der Waals surface area contributed by atoms with Crippen molar-refractivity contribution in [3.63, 3.8) is 0 Å². The van der Waals surface area contributed by atoms with Gasteiger partial charge in [-0.25, -0.2) is 4.79 Å². The normalized spacial score (nSPS) is 11.2. The summed E-state index contributed by atoms with van der Waals surface area (Å²) in [5.41, 5.74) is 0. The van der Waals surface area contributed by atoms with Gasteiger partial charge in [0.1, 0.15) is 6.61 Å². The van der Waals surface area contributed by atoms with E-state index in [1.54, 1.807) is 6.92 Å². The van der Waals surface area contributed by atoms with Crippen LogP contribution >= 0.6 is 11.8 Å². The zero-order chi connectivity index (χ0) is 32.2. The van der Waals surface area contributed by atoms with Crippen LogP contribution in [0.4, 0.5) is 0 Å². The Morgan fingerprint density at radius 2 is 0.886 bits per heavy atom. The molecule has 0 heterocycles. The number of unbranched alkanes of at least 4 members (excludes halogenated alkanes) is 12. The largest absolute Gasteiger partial charge is 0.480 e. The summed E-state index contributed by atoms with van der Waals surface area (Å²) in [4.78, 5) is 33.1. The highest BCUT2D eigenvalue weighted by molar-refractivity contribution is 8.13. The highest BCUT2D eigenvalue weighted by Gasteiger charge is 2.01. The molecular formula is C32H61NO10S. The first-order chi connectivity index (χ1) is 21.5. The Kier molecular flexibility index (Phi) is 35.1. The van der Waals surface area contributed by atoms with Crippen LogP contribution in [-0.2, 0) is 42.8 Å². The Hall–Kier alpha value is -1.28. The van der Waals surface area contributed by atoms with Crippen molar-refractivity contribution < 1.29 is 47.9 Å². The van der Waals surface area contributed by atoms with E-state index in [1.807, 2.05) is 0 Å². The third-order valence-corrected chi connectivity index (χ3v) is 7.41. The summed E-state index contributed by atoms with van der Waals surface area (Å²) in [6.45, 7) is 6.57. The lowest BCUT2D eigenvalue weighted by Crippen LogP contribution is -2.27. The number of carboxylic acid groups (broad SMARTS) is 1. The van der Waals surface area contributed by atoms with Gasteiger partial charge in [-0.15, -0.1) is 0 Å². The number of hydrogen-bond acceptors (Lipinski definition) is 10. The van der Waals surface area contributed by atoms with Gasteiger partial charge in [0.15, 0.2) is 5.12 Å². The van der Waals surface area contributed by atoms with Crippen molar-refractivity contribution in [3.8, 4) is 0 Å². The molecular weight excluding hydrogens is 590 g/mol. The molecule has 0 saturated heterocycles. The molecule has 0 spiro atoms. The summed E-state index contributed by atoms with van der Waals surface area (Å²) in [7, 11) is 0. The zero-order valence-electron chi connectivity index (χ0n) is 27.3. The van der Waals surface area contributed by atoms with Gasteiger partial charge in [0.05, 0.1) is 72.7 Å². The van der Waals surface area contributed by atoms with Crippen molar-refractivity contribution in [2.24, 2.45) is 0 Å². The standard InChI is InChI=1S/C32H61NO10S/c1-30(34)44-28-14-12-10-8-6-4-2-3-5-7-9-11-13-15-31(35)33-16-17-38-18-19-39-20-21-40-22-23-41-24-25-42-26-27-43-29-32(36)37/h2-29H2,1H3,(H,33,35)(H,36,37). The van der Waals surface area contributed by atoms with E-state index in [-0.39, 0.29) is 24.2 Å². The van der Waals surface area contributed by atoms with E-state index >= 15 is 0 Å². The van der Waals surface area contributed by atoms with Crippen LogP contribution in [-0.4, -0.2) is 114 Å². The summed E-state index contributed by atoms with van der Waals surface area (Å²) in [6, 6.07) is 0. The molecule has 0 aliphatic rings. The van der Waals surface area contributed by atoms with Gasteiger partial charge in [-0.2, -0.15) is 0 Å². The monoisotopic (exact) mass is 651 g/mol. The predicted octanol–water partition coefficient (Wildman–Crippen LogP) is 5.03. The van der Waals surface area contributed by atoms with E-state index in [1.165, 1.54) is 76.0 Å². The maximum atomic E-state index is 11.9. The molecule has 0 atom stereocenters. The number of rotatable bonds is 36. The van der Waals surface area contributed by atoms with Crippen LogP contribution in [0.25, 0.3) is 0 Å². The second-order valence-corrected chi connectivity index (χ2v) is 11.8. The lowest BCUT2D eigenvalue weighted by Gasteiger charge is -2.08. The summed E-state index contributed by atoms with van der Waals surface area (Å²) in [5.74, 6) is 0.0765. The minimum Gasteiger partial charge on any atom is -0.480 e. The minimum atomic E-state index is -0.995. The highest BCUT2D eigenvalue weighted by Crippen LogP contribution is 2.14. The number of carbonyl (C=O) groups excluding carboxylic acids is 2. The minimum absolute atomic E-state index is 0.0960. The molecule has 0 aliphatic carbocycles. The maximum Gasteiger partial charge on any atom is 0.329 e. The van der Waals surface area contributed by atoms with E-state index in [4.69, 9.17) is 33.5 Å². The second kappa shape index (κ2) is 36.2. The number of nitrogens with one attached hydrogen (secondary N) is 1. The third kappa shape index (κ3) is 38.7. The average Bonchev–Trinajstić information content (AvgIpc) is 2.99. The molecule has 12 heteroatoms. The van der Waals surface area contributed by atoms with Crippen LogP contribution in [0.3, 0.4) is 0 Å². The number of carbonyl (C=O) groups is 3. The number of amides is 1. The van der Waals surface area contributed by atoms with Crippen molar-refractivity contribution in [1.82, 2.24) is 5.32 Å². The number of hydrogen-bond donors (Lipinski definition) is 2. The van der Waals surface area contributed by atoms with Gasteiger partial charge in [-0.3, -0.25) is 9.59 Å². The van der Waals surface area contributed by atoms with Gasteiger partial charge in [0, 0.05) is 25.6 Å². The molecule has 44 heavy (non-hydrogen) atoms. The van der Waals surface area contributed by atoms with Gasteiger partial charge in [-0.1, -0.05) is 82.4 Å². The van der Waals surface area contributed by atoms with E-state index in [2.05, 4.69) is 5.32 Å². The topological polar surface area (TPSA) is 139 Å². The number of ether oxygens (including phenoxy) is 6. The second-order valence-electron chi connectivity index (χ2n) is 10.5. The Morgan fingerprint density at radius 3 is 1.30 bits per heavy atom. The van der Waals surface area contributed by atoms with Crippen molar-refractivity contribution in [2.75, 3.05) is 91.6 Å². The van der Waals surface area contributed by atoms with Crippen LogP contribution in [0.1, 0.15) is 96.8 Å². The Morgan fingerprint density at radius 1 is 0.523 bits per heavy atom. The molecule has 0 aromatic carbocycles. The Balaban J connectivity index is 3.16. The fourth-order valence-electron chi connectivity index (χ4n) is 4.16. The summed E-state index contributed by atoms with van der Waals surface area (Å²) < 4.78 is 31.8. The zero-order valence-corrected chi connectivity index (χ0v) is 28.1. The van der Waals surface area contributed by atoms with Crippen molar-refractivity contribution in [3.05, 3.63) is 0 Å². The van der Waals surface area contributed by atoms with Gasteiger partial charge in [0.2, 0.25) is 5.91 Å². The number of aliphatic carboxylic acids is 1. The molecule has 0 radical (unpaired) electrons. The molecule has 11 nitrogen and oxygen atoms in total. The van der Waals surface area contributed by atoms with E-state index in [0.29, 0.717) is 79.0 Å². The van der Waals surface area contributed by atoms with Gasteiger partial charge in [-0.05, 0) is 12.8 Å². The molecule has 0 unspecified atom stereocenters. The lowest BCUT2D eigenvalue weighted by atomic mass is 10.0. The molecule has 260 valence electrons. The highest BCUT2D eigenvalue weighted by atomic mass is 32.2. The van der Waals surface area contributed by atoms with Crippen LogP contribution in [0.2, 0.25) is 0 Å². The van der Waals surface area contributed by atoms with Crippen LogP contribution in [0, 0.1) is 0 Å². The van der Waals surface area contributed by atoms with Crippen molar-refractivity contribution >= 4 is 28.8 Å². The van der Waals surface area contributed by atoms with Crippen LogP contribution in [0.15, 0.2) is 0 Å². The molecule has 0 rings (SSSR count). The molecule has 0 fully saturated rings. The Labute approximate surface area is 270 Å². The molecule has 0 bridgehead atoms. The smallest absolute Gasteiger partial charge is 0.329 e. The Bertz CT molecular complexity index is 657. The number of carboxylic acids is 1.